The SMILES string of the molecule is CCc1c(Cl)ncnc1N(C)Cc1ccncc1. The Morgan fingerprint density at radius 2 is 1.94 bits per heavy atom. The van der Waals surface area contributed by atoms with Gasteiger partial charge in [-0.2, -0.15) is 0 Å². The third kappa shape index (κ3) is 2.76. The molecule has 0 aromatic carbocycles. The van der Waals surface area contributed by atoms with Crippen LogP contribution in [0.3, 0.4) is 0 Å². The molecule has 2 heterocycles. The Balaban J connectivity index is 2.24. The van der Waals surface area contributed by atoms with E-state index in [0.29, 0.717) is 5.15 Å². The summed E-state index contributed by atoms with van der Waals surface area (Å²) in [5.41, 5.74) is 2.17. The van der Waals surface area contributed by atoms with E-state index in [0.717, 1.165) is 24.3 Å². The van der Waals surface area contributed by atoms with Crippen molar-refractivity contribution in [2.45, 2.75) is 19.9 Å². The molecule has 5 heteroatoms. The van der Waals surface area contributed by atoms with Gasteiger partial charge in [-0.1, -0.05) is 18.5 Å². The van der Waals surface area contributed by atoms with Crippen molar-refractivity contribution in [3.63, 3.8) is 0 Å². The molecule has 0 atom stereocenters. The Morgan fingerprint density at radius 3 is 2.61 bits per heavy atom. The molecule has 0 N–H and O–H groups in total. The molecule has 0 aliphatic rings. The molecular weight excluding hydrogens is 248 g/mol. The Labute approximate surface area is 112 Å². The number of pyridine rings is 1. The van der Waals surface area contributed by atoms with Crippen molar-refractivity contribution < 1.29 is 0 Å². The fourth-order valence-corrected chi connectivity index (χ4v) is 2.11. The average molecular weight is 263 g/mol. The van der Waals surface area contributed by atoms with Gasteiger partial charge in [0.1, 0.15) is 17.3 Å². The molecule has 0 spiro atoms. The van der Waals surface area contributed by atoms with Gasteiger partial charge in [-0.3, -0.25) is 4.98 Å². The van der Waals surface area contributed by atoms with Gasteiger partial charge in [0.25, 0.3) is 0 Å². The smallest absolute Gasteiger partial charge is 0.137 e. The van der Waals surface area contributed by atoms with E-state index in [1.165, 1.54) is 11.9 Å². The van der Waals surface area contributed by atoms with Crippen LogP contribution in [0, 0.1) is 0 Å². The van der Waals surface area contributed by atoms with E-state index in [-0.39, 0.29) is 0 Å². The Kier molecular flexibility index (Phi) is 4.10. The predicted octanol–water partition coefficient (Wildman–Crippen LogP) is 2.72. The summed E-state index contributed by atoms with van der Waals surface area (Å²) in [6.45, 7) is 2.82. The molecule has 2 aromatic rings. The zero-order valence-electron chi connectivity index (χ0n) is 10.5. The number of hydrogen-bond donors (Lipinski definition) is 0. The maximum Gasteiger partial charge on any atom is 0.137 e. The van der Waals surface area contributed by atoms with E-state index in [1.807, 2.05) is 26.1 Å². The van der Waals surface area contributed by atoms with Gasteiger partial charge >= 0.3 is 0 Å². The number of halogens is 1. The Bertz CT molecular complexity index is 516. The normalized spacial score (nSPS) is 10.4. The third-order valence-corrected chi connectivity index (χ3v) is 3.08. The molecule has 0 amide bonds. The first-order chi connectivity index (χ1) is 8.72. The van der Waals surface area contributed by atoms with Crippen LogP contribution in [0.2, 0.25) is 5.15 Å². The molecule has 0 bridgehead atoms. The minimum atomic E-state index is 0.532. The molecule has 2 aromatic heterocycles. The first-order valence-corrected chi connectivity index (χ1v) is 6.19. The minimum Gasteiger partial charge on any atom is -0.355 e. The molecular formula is C13H15ClN4. The highest BCUT2D eigenvalue weighted by atomic mass is 35.5. The maximum absolute atomic E-state index is 6.09. The molecule has 0 radical (unpaired) electrons. The summed E-state index contributed by atoms with van der Waals surface area (Å²) in [6, 6.07) is 3.98. The molecule has 0 saturated carbocycles. The summed E-state index contributed by atoms with van der Waals surface area (Å²) < 4.78 is 0. The third-order valence-electron chi connectivity index (χ3n) is 2.75. The number of nitrogens with zero attached hydrogens (tertiary/aromatic N) is 4. The molecule has 4 nitrogen and oxygen atoms in total. The van der Waals surface area contributed by atoms with E-state index >= 15 is 0 Å². The molecule has 0 unspecified atom stereocenters. The summed E-state index contributed by atoms with van der Waals surface area (Å²) in [5, 5.41) is 0.532. The van der Waals surface area contributed by atoms with Gasteiger partial charge in [-0.25, -0.2) is 9.97 Å². The molecule has 0 fully saturated rings. The van der Waals surface area contributed by atoms with Gasteiger partial charge in [-0.15, -0.1) is 0 Å². The van der Waals surface area contributed by atoms with Crippen LogP contribution in [0.4, 0.5) is 5.82 Å². The van der Waals surface area contributed by atoms with Crippen LogP contribution in [-0.4, -0.2) is 22.0 Å². The van der Waals surface area contributed by atoms with E-state index in [1.54, 1.807) is 12.4 Å². The van der Waals surface area contributed by atoms with Crippen molar-refractivity contribution in [2.24, 2.45) is 0 Å². The minimum absolute atomic E-state index is 0.532. The van der Waals surface area contributed by atoms with Gasteiger partial charge in [0.2, 0.25) is 0 Å². The lowest BCUT2D eigenvalue weighted by atomic mass is 10.2. The summed E-state index contributed by atoms with van der Waals surface area (Å²) in [7, 11) is 2.00. The van der Waals surface area contributed by atoms with Crippen molar-refractivity contribution in [1.82, 2.24) is 15.0 Å². The van der Waals surface area contributed by atoms with E-state index in [2.05, 4.69) is 19.9 Å². The van der Waals surface area contributed by atoms with E-state index in [4.69, 9.17) is 11.6 Å². The second-order valence-corrected chi connectivity index (χ2v) is 4.39. The van der Waals surface area contributed by atoms with Crippen LogP contribution < -0.4 is 4.90 Å². The lowest BCUT2D eigenvalue weighted by Gasteiger charge is -2.21. The van der Waals surface area contributed by atoms with Gasteiger partial charge < -0.3 is 4.90 Å². The van der Waals surface area contributed by atoms with Crippen LogP contribution in [0.25, 0.3) is 0 Å². The Morgan fingerprint density at radius 1 is 1.22 bits per heavy atom. The maximum atomic E-state index is 6.09. The quantitative estimate of drug-likeness (QED) is 0.795. The van der Waals surface area contributed by atoms with Crippen LogP contribution in [0.5, 0.6) is 0 Å². The van der Waals surface area contributed by atoms with Crippen LogP contribution in [0.15, 0.2) is 30.9 Å². The lowest BCUT2D eigenvalue weighted by molar-refractivity contribution is 0.868. The lowest BCUT2D eigenvalue weighted by Crippen LogP contribution is -2.19. The van der Waals surface area contributed by atoms with Crippen molar-refractivity contribution >= 4 is 17.4 Å². The summed E-state index contributed by atoms with van der Waals surface area (Å²) in [6.07, 6.45) is 5.89. The topological polar surface area (TPSA) is 41.9 Å². The monoisotopic (exact) mass is 262 g/mol. The van der Waals surface area contributed by atoms with Crippen LogP contribution >= 0.6 is 11.6 Å². The molecule has 94 valence electrons. The average Bonchev–Trinajstić information content (AvgIpc) is 2.39. The van der Waals surface area contributed by atoms with Gasteiger partial charge in [0.15, 0.2) is 0 Å². The number of anilines is 1. The highest BCUT2D eigenvalue weighted by molar-refractivity contribution is 6.30. The number of aromatic nitrogens is 3. The second-order valence-electron chi connectivity index (χ2n) is 4.03. The zero-order valence-corrected chi connectivity index (χ0v) is 11.2. The van der Waals surface area contributed by atoms with Gasteiger partial charge in [-0.05, 0) is 24.1 Å². The number of hydrogen-bond acceptors (Lipinski definition) is 4. The van der Waals surface area contributed by atoms with Gasteiger partial charge in [0, 0.05) is 31.5 Å². The second kappa shape index (κ2) is 5.78. The zero-order chi connectivity index (χ0) is 13.0. The molecule has 0 aliphatic heterocycles. The van der Waals surface area contributed by atoms with Crippen LogP contribution in [-0.2, 0) is 13.0 Å². The summed E-state index contributed by atoms with van der Waals surface area (Å²) in [4.78, 5) is 14.4. The van der Waals surface area contributed by atoms with Gasteiger partial charge in [0.05, 0.1) is 0 Å². The highest BCUT2D eigenvalue weighted by Crippen LogP contribution is 2.23. The number of rotatable bonds is 4. The predicted molar refractivity (Wildman–Crippen MR) is 72.8 cm³/mol. The van der Waals surface area contributed by atoms with Crippen molar-refractivity contribution in [2.75, 3.05) is 11.9 Å². The standard InChI is InChI=1S/C13H15ClN4/c1-3-11-12(14)16-9-17-13(11)18(2)8-10-4-6-15-7-5-10/h4-7,9H,3,8H2,1-2H3. The summed E-state index contributed by atoms with van der Waals surface area (Å²) in [5.74, 6) is 0.884. The molecule has 0 saturated heterocycles. The highest BCUT2D eigenvalue weighted by Gasteiger charge is 2.12. The van der Waals surface area contributed by atoms with E-state index in [9.17, 15) is 0 Å². The van der Waals surface area contributed by atoms with Crippen molar-refractivity contribution in [1.29, 1.82) is 0 Å². The van der Waals surface area contributed by atoms with Crippen molar-refractivity contribution in [3.8, 4) is 0 Å². The fraction of sp³-hybridized carbons (Fsp3) is 0.308. The fourth-order valence-electron chi connectivity index (χ4n) is 1.85. The first-order valence-electron chi connectivity index (χ1n) is 5.81. The van der Waals surface area contributed by atoms with Crippen molar-refractivity contribution in [3.05, 3.63) is 47.1 Å². The molecule has 18 heavy (non-hydrogen) atoms. The molecule has 2 rings (SSSR count). The van der Waals surface area contributed by atoms with E-state index < -0.39 is 0 Å². The first kappa shape index (κ1) is 12.8. The Hall–Kier alpha value is -1.68. The van der Waals surface area contributed by atoms with Crippen LogP contribution in [0.1, 0.15) is 18.1 Å². The molecule has 0 aliphatic carbocycles. The largest absolute Gasteiger partial charge is 0.355 e. The summed E-state index contributed by atoms with van der Waals surface area (Å²) >= 11 is 6.09.